The van der Waals surface area contributed by atoms with Crippen LogP contribution in [0.5, 0.6) is 0 Å². The lowest BCUT2D eigenvalue weighted by Crippen LogP contribution is -2.38. The minimum Gasteiger partial charge on any atom is -0.392 e. The van der Waals surface area contributed by atoms with E-state index in [9.17, 15) is 10.2 Å². The van der Waals surface area contributed by atoms with Crippen molar-refractivity contribution in [3.8, 4) is 0 Å². The number of aryl methyl sites for hydroxylation is 1. The molecule has 3 nitrogen and oxygen atoms in total. The van der Waals surface area contributed by atoms with Gasteiger partial charge in [-0.2, -0.15) is 0 Å². The van der Waals surface area contributed by atoms with Gasteiger partial charge in [0.2, 0.25) is 0 Å². The van der Waals surface area contributed by atoms with Crippen molar-refractivity contribution in [3.05, 3.63) is 59.2 Å². The van der Waals surface area contributed by atoms with E-state index in [1.54, 1.807) is 5.57 Å². The maximum Gasteiger partial charge on any atom is 0.0761 e. The Hall–Kier alpha value is -1.42. The highest BCUT2D eigenvalue weighted by Crippen LogP contribution is 2.48. The van der Waals surface area contributed by atoms with Gasteiger partial charge < -0.3 is 15.1 Å². The van der Waals surface area contributed by atoms with Crippen molar-refractivity contribution in [2.45, 2.75) is 90.4 Å². The Morgan fingerprint density at radius 1 is 1.19 bits per heavy atom. The van der Waals surface area contributed by atoms with Crippen molar-refractivity contribution in [2.75, 3.05) is 13.6 Å². The SMILES string of the molecule is Cc1cccc(C[C@@H](O)/C=C/[C@@H]2[C@H]3CC(CCCCCN(C)C(C)(C)C)=C[C@H]3C[C@H]2O)c1. The second-order valence-electron chi connectivity index (χ2n) is 11.3. The van der Waals surface area contributed by atoms with Crippen molar-refractivity contribution < 1.29 is 10.2 Å². The fraction of sp³-hybridized carbons (Fsp3) is 0.655. The van der Waals surface area contributed by atoms with E-state index < -0.39 is 6.10 Å². The van der Waals surface area contributed by atoms with Gasteiger partial charge in [0.05, 0.1) is 12.2 Å². The molecule has 3 rings (SSSR count). The molecule has 2 aliphatic rings. The van der Waals surface area contributed by atoms with Gasteiger partial charge in [-0.3, -0.25) is 0 Å². The largest absolute Gasteiger partial charge is 0.392 e. The molecule has 32 heavy (non-hydrogen) atoms. The summed E-state index contributed by atoms with van der Waals surface area (Å²) < 4.78 is 0. The van der Waals surface area contributed by atoms with E-state index in [-0.39, 0.29) is 17.6 Å². The fourth-order valence-corrected chi connectivity index (χ4v) is 5.41. The van der Waals surface area contributed by atoms with E-state index >= 15 is 0 Å². The summed E-state index contributed by atoms with van der Waals surface area (Å²) in [6, 6.07) is 8.32. The van der Waals surface area contributed by atoms with Gasteiger partial charge in [0.25, 0.3) is 0 Å². The molecule has 0 heterocycles. The van der Waals surface area contributed by atoms with Gasteiger partial charge in [-0.05, 0) is 90.8 Å². The molecular weight excluding hydrogens is 394 g/mol. The van der Waals surface area contributed by atoms with Crippen molar-refractivity contribution in [1.82, 2.24) is 4.90 Å². The zero-order valence-electron chi connectivity index (χ0n) is 20.9. The molecule has 0 spiro atoms. The molecule has 0 aromatic heterocycles. The first-order valence-electron chi connectivity index (χ1n) is 12.6. The average Bonchev–Trinajstić information content (AvgIpc) is 3.21. The zero-order chi connectivity index (χ0) is 23.3. The highest BCUT2D eigenvalue weighted by Gasteiger charge is 2.43. The number of nitrogens with zero attached hydrogens (tertiary/aromatic N) is 1. The first-order valence-corrected chi connectivity index (χ1v) is 12.6. The molecular formula is C29H45NO2. The van der Waals surface area contributed by atoms with Crippen LogP contribution in [0, 0.1) is 24.7 Å². The van der Waals surface area contributed by atoms with E-state index in [2.05, 4.69) is 70.0 Å². The molecule has 2 N–H and O–H groups in total. The summed E-state index contributed by atoms with van der Waals surface area (Å²) in [6.45, 7) is 10.1. The lowest BCUT2D eigenvalue weighted by Gasteiger charge is -2.31. The van der Waals surface area contributed by atoms with Gasteiger partial charge in [-0.25, -0.2) is 0 Å². The van der Waals surface area contributed by atoms with Crippen molar-refractivity contribution in [3.63, 3.8) is 0 Å². The van der Waals surface area contributed by atoms with Crippen LogP contribution in [0.15, 0.2) is 48.1 Å². The number of fused-ring (bicyclic) bond motifs is 1. The smallest absolute Gasteiger partial charge is 0.0761 e. The summed E-state index contributed by atoms with van der Waals surface area (Å²) in [6.07, 6.45) is 13.3. The third-order valence-corrected chi connectivity index (χ3v) is 7.67. The van der Waals surface area contributed by atoms with Gasteiger partial charge in [0, 0.05) is 17.9 Å². The Labute approximate surface area is 196 Å². The first kappa shape index (κ1) is 25.2. The molecule has 0 saturated heterocycles. The Morgan fingerprint density at radius 3 is 2.69 bits per heavy atom. The number of unbranched alkanes of at least 4 members (excludes halogenated alkanes) is 2. The molecule has 1 aromatic carbocycles. The normalized spacial score (nSPS) is 26.7. The van der Waals surface area contributed by atoms with E-state index in [4.69, 9.17) is 0 Å². The van der Waals surface area contributed by atoms with Crippen LogP contribution in [-0.4, -0.2) is 46.5 Å². The van der Waals surface area contributed by atoms with Gasteiger partial charge in [0.1, 0.15) is 0 Å². The second-order valence-corrected chi connectivity index (χ2v) is 11.3. The van der Waals surface area contributed by atoms with Crippen LogP contribution in [0.2, 0.25) is 0 Å². The molecule has 1 aromatic rings. The van der Waals surface area contributed by atoms with E-state index in [0.29, 0.717) is 18.3 Å². The Kier molecular flexibility index (Phi) is 8.77. The summed E-state index contributed by atoms with van der Waals surface area (Å²) in [5, 5.41) is 21.1. The molecule has 2 aliphatic carbocycles. The van der Waals surface area contributed by atoms with Gasteiger partial charge in [-0.15, -0.1) is 0 Å². The quantitative estimate of drug-likeness (QED) is 0.364. The third-order valence-electron chi connectivity index (χ3n) is 7.67. The van der Waals surface area contributed by atoms with E-state index in [0.717, 1.165) is 24.9 Å². The van der Waals surface area contributed by atoms with Gasteiger partial charge in [-0.1, -0.05) is 60.1 Å². The topological polar surface area (TPSA) is 43.7 Å². The number of hydrogen-bond donors (Lipinski definition) is 2. The first-order chi connectivity index (χ1) is 15.1. The van der Waals surface area contributed by atoms with Crippen LogP contribution < -0.4 is 0 Å². The standard InChI is InChI=1S/C29H45NO2/c1-21-10-9-12-22(16-21)18-25(31)13-14-26-27-19-23(17-24(27)20-28(26)32)11-7-6-8-15-30(5)29(2,3)4/h9-10,12-14,16-17,24-28,31-32H,6-8,11,15,18-20H2,1-5H3/b14-13+/t24-,25-,26+,27-,28+/m0/s1. The molecule has 5 atom stereocenters. The van der Waals surface area contributed by atoms with Crippen molar-refractivity contribution in [2.24, 2.45) is 17.8 Å². The summed E-state index contributed by atoms with van der Waals surface area (Å²) in [5.74, 6) is 1.19. The van der Waals surface area contributed by atoms with Crippen LogP contribution in [-0.2, 0) is 6.42 Å². The molecule has 0 aliphatic heterocycles. The number of aliphatic hydroxyl groups excluding tert-OH is 2. The lowest BCUT2D eigenvalue weighted by molar-refractivity contribution is 0.140. The highest BCUT2D eigenvalue weighted by molar-refractivity contribution is 5.24. The molecule has 0 bridgehead atoms. The predicted molar refractivity (Wildman–Crippen MR) is 135 cm³/mol. The molecule has 178 valence electrons. The zero-order valence-corrected chi connectivity index (χ0v) is 20.9. The molecule has 0 unspecified atom stereocenters. The van der Waals surface area contributed by atoms with Crippen LogP contribution in [0.3, 0.4) is 0 Å². The third kappa shape index (κ3) is 7.04. The monoisotopic (exact) mass is 439 g/mol. The summed E-state index contributed by atoms with van der Waals surface area (Å²) in [4.78, 5) is 2.44. The number of benzene rings is 1. The molecule has 3 heteroatoms. The Morgan fingerprint density at radius 2 is 1.97 bits per heavy atom. The Balaban J connectivity index is 1.43. The number of aliphatic hydroxyl groups is 2. The molecule has 1 saturated carbocycles. The van der Waals surface area contributed by atoms with E-state index in [1.807, 2.05) is 12.1 Å². The average molecular weight is 440 g/mol. The maximum absolute atomic E-state index is 10.6. The minimum absolute atomic E-state index is 0.168. The predicted octanol–water partition coefficient (Wildman–Crippen LogP) is 5.69. The van der Waals surface area contributed by atoms with Crippen LogP contribution >= 0.6 is 0 Å². The number of rotatable bonds is 10. The summed E-state index contributed by atoms with van der Waals surface area (Å²) in [5.41, 5.74) is 4.22. The van der Waals surface area contributed by atoms with Gasteiger partial charge in [0.15, 0.2) is 0 Å². The van der Waals surface area contributed by atoms with Gasteiger partial charge >= 0.3 is 0 Å². The Bertz CT molecular complexity index is 791. The maximum atomic E-state index is 10.6. The summed E-state index contributed by atoms with van der Waals surface area (Å²) in [7, 11) is 2.22. The second kappa shape index (κ2) is 11.1. The van der Waals surface area contributed by atoms with E-state index in [1.165, 1.54) is 31.2 Å². The number of hydrogen-bond acceptors (Lipinski definition) is 3. The lowest BCUT2D eigenvalue weighted by atomic mass is 9.88. The molecule has 0 radical (unpaired) electrons. The minimum atomic E-state index is -0.497. The molecule has 1 fully saturated rings. The fourth-order valence-electron chi connectivity index (χ4n) is 5.41. The van der Waals surface area contributed by atoms with Crippen molar-refractivity contribution in [1.29, 1.82) is 0 Å². The van der Waals surface area contributed by atoms with Crippen LogP contribution in [0.25, 0.3) is 0 Å². The molecule has 0 amide bonds. The highest BCUT2D eigenvalue weighted by atomic mass is 16.3. The van der Waals surface area contributed by atoms with Crippen molar-refractivity contribution >= 4 is 0 Å². The van der Waals surface area contributed by atoms with Crippen LogP contribution in [0.4, 0.5) is 0 Å². The summed E-state index contributed by atoms with van der Waals surface area (Å²) >= 11 is 0. The number of allylic oxidation sites excluding steroid dienone is 2. The van der Waals surface area contributed by atoms with Crippen LogP contribution in [0.1, 0.15) is 70.4 Å².